The average Bonchev–Trinajstić information content (AvgIpc) is 3.14. The first-order chi connectivity index (χ1) is 14.8. The number of fused-ring (bicyclic) bond motifs is 1. The summed E-state index contributed by atoms with van der Waals surface area (Å²) >= 11 is 0. The first-order valence-corrected chi connectivity index (χ1v) is 12.3. The maximum atomic E-state index is 13.3. The zero-order chi connectivity index (χ0) is 22.0. The van der Waals surface area contributed by atoms with Crippen LogP contribution in [0, 0.1) is 5.92 Å². The molecule has 8 heteroatoms. The molecule has 2 amide bonds. The lowest BCUT2D eigenvalue weighted by molar-refractivity contribution is -0.120. The van der Waals surface area contributed by atoms with Crippen molar-refractivity contribution in [2.24, 2.45) is 11.1 Å². The van der Waals surface area contributed by atoms with Crippen LogP contribution in [0.3, 0.4) is 0 Å². The SMILES string of the molecule is NS(=O)(=O)Cc1ccc(NC(=O)C2CC3CCCCC3N2C(=O)c2ccccc2)cc1. The van der Waals surface area contributed by atoms with Gasteiger partial charge in [-0.05, 0) is 55.0 Å². The molecule has 4 rings (SSSR count). The van der Waals surface area contributed by atoms with Gasteiger partial charge in [-0.1, -0.05) is 43.2 Å². The first kappa shape index (κ1) is 21.5. The second kappa shape index (κ2) is 8.80. The van der Waals surface area contributed by atoms with E-state index in [-0.39, 0.29) is 23.6 Å². The van der Waals surface area contributed by atoms with Crippen LogP contribution in [-0.2, 0) is 20.6 Å². The largest absolute Gasteiger partial charge is 0.324 e. The highest BCUT2D eigenvalue weighted by Crippen LogP contribution is 2.40. The van der Waals surface area contributed by atoms with E-state index in [4.69, 9.17) is 5.14 Å². The topological polar surface area (TPSA) is 110 Å². The standard InChI is InChI=1S/C23H27N3O4S/c24-31(29,30)15-16-10-12-19(13-11-16)25-22(27)21-14-18-8-4-5-9-20(18)26(21)23(28)17-6-2-1-3-7-17/h1-3,6-7,10-13,18,20-21H,4-5,8-9,14-15H2,(H,25,27)(H2,24,29,30). The van der Waals surface area contributed by atoms with E-state index in [2.05, 4.69) is 5.32 Å². The molecule has 1 aliphatic heterocycles. The van der Waals surface area contributed by atoms with Gasteiger partial charge in [-0.2, -0.15) is 0 Å². The number of anilines is 1. The third-order valence-corrected chi connectivity index (χ3v) is 6.97. The summed E-state index contributed by atoms with van der Waals surface area (Å²) in [5, 5.41) is 7.99. The van der Waals surface area contributed by atoms with Crippen LogP contribution in [0.2, 0.25) is 0 Å². The third-order valence-electron chi connectivity index (χ3n) is 6.24. The van der Waals surface area contributed by atoms with Gasteiger partial charge in [0.2, 0.25) is 15.9 Å². The Morgan fingerprint density at radius 1 is 1.00 bits per heavy atom. The smallest absolute Gasteiger partial charge is 0.254 e. The van der Waals surface area contributed by atoms with Crippen molar-refractivity contribution >= 4 is 27.5 Å². The minimum atomic E-state index is -3.61. The van der Waals surface area contributed by atoms with Gasteiger partial charge in [0.05, 0.1) is 5.75 Å². The van der Waals surface area contributed by atoms with Crippen LogP contribution < -0.4 is 10.5 Å². The fourth-order valence-electron chi connectivity index (χ4n) is 4.86. The van der Waals surface area contributed by atoms with Crippen molar-refractivity contribution < 1.29 is 18.0 Å². The Balaban J connectivity index is 1.53. The Hall–Kier alpha value is -2.71. The Kier molecular flexibility index (Phi) is 6.11. The van der Waals surface area contributed by atoms with E-state index in [1.54, 1.807) is 41.3 Å². The fourth-order valence-corrected chi connectivity index (χ4v) is 5.52. The van der Waals surface area contributed by atoms with Gasteiger partial charge in [0.25, 0.3) is 5.91 Å². The molecule has 1 aliphatic carbocycles. The van der Waals surface area contributed by atoms with E-state index in [1.807, 2.05) is 18.2 Å². The van der Waals surface area contributed by atoms with Crippen molar-refractivity contribution in [2.45, 2.75) is 49.9 Å². The number of rotatable bonds is 5. The molecule has 0 radical (unpaired) electrons. The molecule has 3 unspecified atom stereocenters. The fraction of sp³-hybridized carbons (Fsp3) is 0.391. The van der Waals surface area contributed by atoms with Crippen LogP contribution in [-0.4, -0.2) is 37.2 Å². The van der Waals surface area contributed by atoms with E-state index in [0.29, 0.717) is 29.2 Å². The van der Waals surface area contributed by atoms with Crippen molar-refractivity contribution in [1.29, 1.82) is 0 Å². The summed E-state index contributed by atoms with van der Waals surface area (Å²) in [7, 11) is -3.61. The number of likely N-dealkylation sites (tertiary alicyclic amines) is 1. The maximum Gasteiger partial charge on any atom is 0.254 e. The number of nitrogens with one attached hydrogen (secondary N) is 1. The molecule has 0 bridgehead atoms. The number of carbonyl (C=O) groups is 2. The molecule has 0 spiro atoms. The molecule has 2 fully saturated rings. The monoisotopic (exact) mass is 441 g/mol. The minimum Gasteiger partial charge on any atom is -0.324 e. The summed E-state index contributed by atoms with van der Waals surface area (Å²) in [6.45, 7) is 0. The van der Waals surface area contributed by atoms with E-state index in [9.17, 15) is 18.0 Å². The first-order valence-electron chi connectivity index (χ1n) is 10.6. The zero-order valence-electron chi connectivity index (χ0n) is 17.2. The quantitative estimate of drug-likeness (QED) is 0.743. The minimum absolute atomic E-state index is 0.0920. The number of carbonyl (C=O) groups excluding carboxylic acids is 2. The normalized spacial score (nSPS) is 23.3. The molecule has 1 saturated heterocycles. The van der Waals surface area contributed by atoms with Crippen molar-refractivity contribution in [3.63, 3.8) is 0 Å². The van der Waals surface area contributed by atoms with E-state index >= 15 is 0 Å². The van der Waals surface area contributed by atoms with Crippen LogP contribution in [0.25, 0.3) is 0 Å². The molecule has 3 N–H and O–H groups in total. The Morgan fingerprint density at radius 2 is 1.68 bits per heavy atom. The average molecular weight is 442 g/mol. The highest BCUT2D eigenvalue weighted by Gasteiger charge is 2.47. The molecule has 2 aromatic carbocycles. The second-order valence-electron chi connectivity index (χ2n) is 8.44. The number of amides is 2. The number of benzene rings is 2. The summed E-state index contributed by atoms with van der Waals surface area (Å²) in [5.74, 6) is -0.224. The lowest BCUT2D eigenvalue weighted by atomic mass is 9.84. The molecule has 31 heavy (non-hydrogen) atoms. The number of sulfonamides is 1. The van der Waals surface area contributed by atoms with Crippen molar-refractivity contribution in [2.75, 3.05) is 5.32 Å². The van der Waals surface area contributed by atoms with Gasteiger partial charge in [-0.15, -0.1) is 0 Å². The predicted molar refractivity (Wildman–Crippen MR) is 119 cm³/mol. The Labute approximate surface area is 182 Å². The molecule has 2 aromatic rings. The summed E-state index contributed by atoms with van der Waals surface area (Å²) in [6, 6.07) is 15.2. The van der Waals surface area contributed by atoms with Gasteiger partial charge in [0, 0.05) is 17.3 Å². The molecule has 0 aromatic heterocycles. The van der Waals surface area contributed by atoms with E-state index in [1.165, 1.54) is 0 Å². The second-order valence-corrected chi connectivity index (χ2v) is 10.0. The zero-order valence-corrected chi connectivity index (χ0v) is 18.1. The predicted octanol–water partition coefficient (Wildman–Crippen LogP) is 2.89. The molecular weight excluding hydrogens is 414 g/mol. The van der Waals surface area contributed by atoms with Crippen LogP contribution in [0.5, 0.6) is 0 Å². The molecule has 1 saturated carbocycles. The van der Waals surface area contributed by atoms with Gasteiger partial charge in [0.15, 0.2) is 0 Å². The molecular formula is C23H27N3O4S. The Morgan fingerprint density at radius 3 is 2.35 bits per heavy atom. The van der Waals surface area contributed by atoms with Crippen LogP contribution >= 0.6 is 0 Å². The van der Waals surface area contributed by atoms with E-state index < -0.39 is 16.1 Å². The van der Waals surface area contributed by atoms with Gasteiger partial charge >= 0.3 is 0 Å². The van der Waals surface area contributed by atoms with Crippen molar-refractivity contribution in [3.05, 3.63) is 65.7 Å². The summed E-state index contributed by atoms with van der Waals surface area (Å²) in [4.78, 5) is 28.3. The lowest BCUT2D eigenvalue weighted by Crippen LogP contribution is -2.47. The summed E-state index contributed by atoms with van der Waals surface area (Å²) in [5.41, 5.74) is 1.71. The third kappa shape index (κ3) is 4.97. The molecule has 3 atom stereocenters. The molecule has 2 aliphatic rings. The van der Waals surface area contributed by atoms with Crippen LogP contribution in [0.4, 0.5) is 5.69 Å². The number of hydrogen-bond acceptors (Lipinski definition) is 4. The van der Waals surface area contributed by atoms with Gasteiger partial charge in [-0.25, -0.2) is 13.6 Å². The lowest BCUT2D eigenvalue weighted by Gasteiger charge is -2.33. The van der Waals surface area contributed by atoms with Crippen molar-refractivity contribution in [3.8, 4) is 0 Å². The van der Waals surface area contributed by atoms with E-state index in [0.717, 1.165) is 25.7 Å². The molecule has 7 nitrogen and oxygen atoms in total. The van der Waals surface area contributed by atoms with Crippen LogP contribution in [0.15, 0.2) is 54.6 Å². The van der Waals surface area contributed by atoms with Crippen LogP contribution in [0.1, 0.15) is 48.0 Å². The number of hydrogen-bond donors (Lipinski definition) is 2. The maximum absolute atomic E-state index is 13.3. The highest BCUT2D eigenvalue weighted by atomic mass is 32.2. The highest BCUT2D eigenvalue weighted by molar-refractivity contribution is 7.88. The van der Waals surface area contributed by atoms with Gasteiger partial charge < -0.3 is 10.2 Å². The summed E-state index contributed by atoms with van der Waals surface area (Å²) in [6.07, 6.45) is 4.83. The van der Waals surface area contributed by atoms with Gasteiger partial charge in [-0.3, -0.25) is 9.59 Å². The van der Waals surface area contributed by atoms with Gasteiger partial charge in [0.1, 0.15) is 6.04 Å². The molecule has 1 heterocycles. The number of nitrogens with two attached hydrogens (primary N) is 1. The molecule has 164 valence electrons. The number of nitrogens with zero attached hydrogens (tertiary/aromatic N) is 1. The number of primary sulfonamides is 1. The summed E-state index contributed by atoms with van der Waals surface area (Å²) < 4.78 is 22.5. The van der Waals surface area contributed by atoms with Crippen molar-refractivity contribution in [1.82, 2.24) is 4.90 Å². The Bertz CT molecular complexity index is 1050.